The number of anilines is 1. The summed E-state index contributed by atoms with van der Waals surface area (Å²) in [6.07, 6.45) is 4.64. The number of Topliss-reactive ketones (excluding diaryl/α,β-unsaturated/α-hetero) is 1. The van der Waals surface area contributed by atoms with Crippen LogP contribution in [0.15, 0.2) is 48.7 Å². The Labute approximate surface area is 188 Å². The van der Waals surface area contributed by atoms with Gasteiger partial charge in [-0.05, 0) is 56.9 Å². The Morgan fingerprint density at radius 1 is 1.19 bits per heavy atom. The summed E-state index contributed by atoms with van der Waals surface area (Å²) in [5.41, 5.74) is 4.83. The third kappa shape index (κ3) is 4.50. The maximum Gasteiger partial charge on any atom is 0.257 e. The van der Waals surface area contributed by atoms with Crippen LogP contribution in [0.25, 0.3) is 11.3 Å². The molecule has 0 atom stereocenters. The molecule has 6 nitrogen and oxygen atoms in total. The number of carbonyl (C=O) groups excluding carboxylic acids is 2. The van der Waals surface area contributed by atoms with Crippen molar-refractivity contribution in [1.82, 2.24) is 9.97 Å². The second kappa shape index (κ2) is 9.09. The number of aryl methyl sites for hydroxylation is 1. The average Bonchev–Trinajstić information content (AvgIpc) is 3.14. The Kier molecular flexibility index (Phi) is 6.24. The Morgan fingerprint density at radius 2 is 1.97 bits per heavy atom. The zero-order valence-electron chi connectivity index (χ0n) is 18.8. The largest absolute Gasteiger partial charge is 0.366 e. The number of fused-ring (bicyclic) bond motifs is 1. The lowest BCUT2D eigenvalue weighted by atomic mass is 9.90. The lowest BCUT2D eigenvalue weighted by Crippen LogP contribution is -2.40. The van der Waals surface area contributed by atoms with E-state index in [2.05, 4.69) is 27.4 Å². The molecule has 32 heavy (non-hydrogen) atoms. The fraction of sp³-hybridized carbons (Fsp3) is 0.346. The molecule has 2 heterocycles. The molecular formula is C26H29N3O3. The number of nitrogens with zero attached hydrogens (tertiary/aromatic N) is 1. The van der Waals surface area contributed by atoms with Crippen LogP contribution in [0.4, 0.5) is 5.82 Å². The quantitative estimate of drug-likeness (QED) is 0.555. The summed E-state index contributed by atoms with van der Waals surface area (Å²) in [6.45, 7) is 5.77. The summed E-state index contributed by atoms with van der Waals surface area (Å²) in [4.78, 5) is 33.3. The topological polar surface area (TPSA) is 84.1 Å². The summed E-state index contributed by atoms with van der Waals surface area (Å²) in [6, 6.07) is 13.9. The molecule has 6 heteroatoms. The Bertz CT molecular complexity index is 1130. The van der Waals surface area contributed by atoms with Crippen LogP contribution in [0.5, 0.6) is 0 Å². The van der Waals surface area contributed by atoms with Crippen LogP contribution in [0.3, 0.4) is 0 Å². The monoisotopic (exact) mass is 431 g/mol. The van der Waals surface area contributed by atoms with Crippen molar-refractivity contribution in [3.05, 3.63) is 71.0 Å². The predicted octanol–water partition coefficient (Wildman–Crippen LogP) is 4.94. The molecule has 1 amide bonds. The van der Waals surface area contributed by atoms with Gasteiger partial charge in [-0.25, -0.2) is 4.98 Å². The molecule has 2 aromatic heterocycles. The summed E-state index contributed by atoms with van der Waals surface area (Å²) in [5.74, 6) is 0.389. The minimum Gasteiger partial charge on any atom is -0.366 e. The van der Waals surface area contributed by atoms with Crippen LogP contribution in [-0.4, -0.2) is 33.9 Å². The number of ketones is 1. The summed E-state index contributed by atoms with van der Waals surface area (Å²) < 4.78 is 5.55. The number of rotatable bonds is 7. The molecule has 2 N–H and O–H groups in total. The van der Waals surface area contributed by atoms with Gasteiger partial charge in [-0.2, -0.15) is 0 Å². The van der Waals surface area contributed by atoms with Gasteiger partial charge in [0.2, 0.25) is 0 Å². The Hall–Kier alpha value is -3.25. The second-order valence-corrected chi connectivity index (χ2v) is 8.60. The van der Waals surface area contributed by atoms with E-state index in [9.17, 15) is 9.59 Å². The summed E-state index contributed by atoms with van der Waals surface area (Å²) in [7, 11) is 0. The molecule has 1 aliphatic carbocycles. The van der Waals surface area contributed by atoms with Crippen molar-refractivity contribution in [2.75, 3.05) is 11.9 Å². The molecule has 0 saturated carbocycles. The Balaban J connectivity index is 1.71. The van der Waals surface area contributed by atoms with E-state index < -0.39 is 5.60 Å². The van der Waals surface area contributed by atoms with Gasteiger partial charge in [-0.1, -0.05) is 30.3 Å². The second-order valence-electron chi connectivity index (χ2n) is 8.60. The van der Waals surface area contributed by atoms with Gasteiger partial charge in [-0.15, -0.1) is 0 Å². The number of hydrogen-bond acceptors (Lipinski definition) is 4. The fourth-order valence-electron chi connectivity index (χ4n) is 4.24. The fourth-order valence-corrected chi connectivity index (χ4v) is 4.24. The maximum absolute atomic E-state index is 12.8. The molecule has 166 valence electrons. The van der Waals surface area contributed by atoms with E-state index in [1.165, 1.54) is 0 Å². The summed E-state index contributed by atoms with van der Waals surface area (Å²) >= 11 is 0. The van der Waals surface area contributed by atoms with Gasteiger partial charge in [0.25, 0.3) is 5.91 Å². The molecular weight excluding hydrogens is 402 g/mol. The van der Waals surface area contributed by atoms with Gasteiger partial charge in [0, 0.05) is 42.5 Å². The number of aromatic nitrogens is 2. The van der Waals surface area contributed by atoms with Crippen LogP contribution in [-0.2, 0) is 22.4 Å². The van der Waals surface area contributed by atoms with Crippen molar-refractivity contribution < 1.29 is 14.3 Å². The molecule has 1 aromatic carbocycles. The first-order valence-corrected chi connectivity index (χ1v) is 11.1. The highest BCUT2D eigenvalue weighted by atomic mass is 16.5. The minimum atomic E-state index is -0.956. The smallest absolute Gasteiger partial charge is 0.257 e. The van der Waals surface area contributed by atoms with Crippen LogP contribution < -0.4 is 5.32 Å². The number of aromatic amines is 1. The van der Waals surface area contributed by atoms with E-state index in [0.717, 1.165) is 46.5 Å². The highest BCUT2D eigenvalue weighted by Gasteiger charge is 2.29. The number of carbonyl (C=O) groups is 2. The first-order valence-electron chi connectivity index (χ1n) is 11.1. The number of amides is 1. The molecule has 0 fully saturated rings. The highest BCUT2D eigenvalue weighted by molar-refractivity contribution is 6.02. The molecule has 0 unspecified atom stereocenters. The van der Waals surface area contributed by atoms with Crippen molar-refractivity contribution in [1.29, 1.82) is 0 Å². The van der Waals surface area contributed by atoms with Crippen LogP contribution in [0.2, 0.25) is 0 Å². The van der Waals surface area contributed by atoms with E-state index in [4.69, 9.17) is 4.74 Å². The van der Waals surface area contributed by atoms with Gasteiger partial charge in [0.1, 0.15) is 11.4 Å². The number of pyridine rings is 1. The van der Waals surface area contributed by atoms with Gasteiger partial charge in [-0.3, -0.25) is 9.59 Å². The van der Waals surface area contributed by atoms with Gasteiger partial charge in [0.15, 0.2) is 5.78 Å². The highest BCUT2D eigenvalue weighted by Crippen LogP contribution is 2.35. The van der Waals surface area contributed by atoms with Crippen molar-refractivity contribution in [3.63, 3.8) is 0 Å². The number of ether oxygens (including phenoxy) is 1. The van der Waals surface area contributed by atoms with E-state index in [-0.39, 0.29) is 11.7 Å². The average molecular weight is 432 g/mol. The number of benzene rings is 1. The number of nitrogens with one attached hydrogen (secondary N) is 2. The zero-order valence-corrected chi connectivity index (χ0v) is 18.8. The SMILES string of the molecule is CCOC(C)(C)C(=O)Nc1cc(-c2[nH]c3c(c2Cc2ccccc2)C(=O)CCC3)ccn1. The van der Waals surface area contributed by atoms with Crippen LogP contribution in [0.1, 0.15) is 60.8 Å². The van der Waals surface area contributed by atoms with Crippen LogP contribution in [0, 0.1) is 0 Å². The van der Waals surface area contributed by atoms with Crippen molar-refractivity contribution >= 4 is 17.5 Å². The molecule has 0 bridgehead atoms. The summed E-state index contributed by atoms with van der Waals surface area (Å²) in [5, 5.41) is 2.86. The van der Waals surface area contributed by atoms with E-state index in [1.54, 1.807) is 20.0 Å². The van der Waals surface area contributed by atoms with Gasteiger partial charge in [0.05, 0.1) is 5.69 Å². The Morgan fingerprint density at radius 3 is 2.72 bits per heavy atom. The lowest BCUT2D eigenvalue weighted by molar-refractivity contribution is -0.136. The zero-order chi connectivity index (χ0) is 22.7. The van der Waals surface area contributed by atoms with Gasteiger partial charge >= 0.3 is 0 Å². The van der Waals surface area contributed by atoms with E-state index in [1.807, 2.05) is 37.3 Å². The van der Waals surface area contributed by atoms with E-state index >= 15 is 0 Å². The normalized spacial score (nSPS) is 13.7. The van der Waals surface area contributed by atoms with Crippen molar-refractivity contribution in [2.45, 2.75) is 52.1 Å². The third-order valence-electron chi connectivity index (χ3n) is 5.86. The lowest BCUT2D eigenvalue weighted by Gasteiger charge is -2.23. The molecule has 0 spiro atoms. The third-order valence-corrected chi connectivity index (χ3v) is 5.86. The van der Waals surface area contributed by atoms with E-state index in [0.29, 0.717) is 25.3 Å². The predicted molar refractivity (Wildman–Crippen MR) is 125 cm³/mol. The van der Waals surface area contributed by atoms with Gasteiger partial charge < -0.3 is 15.0 Å². The molecule has 3 aromatic rings. The van der Waals surface area contributed by atoms with Crippen LogP contribution >= 0.6 is 0 Å². The van der Waals surface area contributed by atoms with Crippen molar-refractivity contribution in [2.24, 2.45) is 0 Å². The van der Waals surface area contributed by atoms with Crippen molar-refractivity contribution in [3.8, 4) is 11.3 Å². The maximum atomic E-state index is 12.8. The minimum absolute atomic E-state index is 0.195. The number of H-pyrrole nitrogens is 1. The first kappa shape index (κ1) is 22.0. The number of hydrogen-bond donors (Lipinski definition) is 2. The molecule has 1 aliphatic rings. The standard InChI is InChI=1S/C26H29N3O3/c1-4-32-26(2,3)25(31)29-22-16-18(13-14-27-22)24-19(15-17-9-6-5-7-10-17)23-20(28-24)11-8-12-21(23)30/h5-7,9-10,13-14,16,28H,4,8,11-12,15H2,1-3H3,(H,27,29,31). The molecule has 4 rings (SSSR count). The first-order chi connectivity index (χ1) is 15.4. The molecule has 0 saturated heterocycles. The molecule has 0 radical (unpaired) electrons. The molecule has 0 aliphatic heterocycles.